The summed E-state index contributed by atoms with van der Waals surface area (Å²) in [6, 6.07) is -2.74. The Morgan fingerprint density at radius 2 is 1.31 bits per heavy atom. The summed E-state index contributed by atoms with van der Waals surface area (Å²) in [5.74, 6) is -3.65. The summed E-state index contributed by atoms with van der Waals surface area (Å²) in [5.41, 5.74) is 4.99. The molecule has 0 aromatic carbocycles. The highest BCUT2D eigenvalue weighted by atomic mass is 16.6. The van der Waals surface area contributed by atoms with Crippen LogP contribution in [0.25, 0.3) is 0 Å². The van der Waals surface area contributed by atoms with Crippen LogP contribution in [0.4, 0.5) is 4.79 Å². The number of rotatable bonds is 28. The lowest BCUT2D eigenvalue weighted by atomic mass is 10.0. The molecule has 1 rings (SSSR count). The minimum atomic E-state index is -1.20. The molecule has 0 aromatic rings. The molecule has 0 fully saturated rings. The summed E-state index contributed by atoms with van der Waals surface area (Å²) in [6.45, 7) is 6.28. The van der Waals surface area contributed by atoms with Gasteiger partial charge in [0.2, 0.25) is 17.7 Å². The molecular weight excluding hydrogens is 636 g/mol. The Kier molecular flexibility index (Phi) is 21.8. The molecule has 7 amide bonds. The van der Waals surface area contributed by atoms with Crippen LogP contribution in [0.1, 0.15) is 46.0 Å². The van der Waals surface area contributed by atoms with Crippen molar-refractivity contribution in [2.75, 3.05) is 72.5 Å². The van der Waals surface area contributed by atoms with Crippen molar-refractivity contribution in [3.8, 4) is 0 Å². The number of nitrogens with zero attached hydrogens (tertiary/aromatic N) is 1. The van der Waals surface area contributed by atoms with Gasteiger partial charge in [-0.3, -0.25) is 28.9 Å². The van der Waals surface area contributed by atoms with E-state index in [0.717, 1.165) is 4.90 Å². The van der Waals surface area contributed by atoms with E-state index in [1.54, 1.807) is 13.8 Å². The highest BCUT2D eigenvalue weighted by Crippen LogP contribution is 2.07. The van der Waals surface area contributed by atoms with Gasteiger partial charge in [-0.15, -0.1) is 0 Å². The number of carboxylic acid groups (broad SMARTS) is 1. The second-order valence-corrected chi connectivity index (χ2v) is 10.9. The molecule has 0 saturated heterocycles. The van der Waals surface area contributed by atoms with E-state index < -0.39 is 47.7 Å². The number of hydrogen-bond acceptors (Lipinski definition) is 11. The monoisotopic (exact) mass is 686 g/mol. The number of unbranched alkanes of at least 4 members (excludes halogenated alkanes) is 1. The van der Waals surface area contributed by atoms with E-state index in [2.05, 4.69) is 21.3 Å². The summed E-state index contributed by atoms with van der Waals surface area (Å²) in [5, 5.41) is 19.6. The topological polar surface area (TPSA) is 254 Å². The van der Waals surface area contributed by atoms with Gasteiger partial charge in [0.15, 0.2) is 0 Å². The van der Waals surface area contributed by atoms with E-state index >= 15 is 0 Å². The molecule has 0 aliphatic carbocycles. The number of carbonyl (C=O) groups excluding carboxylic acids is 6. The number of urea groups is 1. The number of ether oxygens (including phenoxy) is 4. The van der Waals surface area contributed by atoms with Gasteiger partial charge in [0, 0.05) is 44.6 Å². The lowest BCUT2D eigenvalue weighted by Gasteiger charge is -2.24. The van der Waals surface area contributed by atoms with Crippen LogP contribution in [-0.2, 0) is 47.7 Å². The highest BCUT2D eigenvalue weighted by molar-refractivity contribution is 6.13. The molecule has 0 spiro atoms. The molecule has 272 valence electrons. The van der Waals surface area contributed by atoms with Gasteiger partial charge in [-0.05, 0) is 25.2 Å². The van der Waals surface area contributed by atoms with Crippen molar-refractivity contribution in [3.05, 3.63) is 12.2 Å². The maximum Gasteiger partial charge on any atom is 0.326 e. The normalized spacial score (nSPS) is 13.8. The van der Waals surface area contributed by atoms with Gasteiger partial charge in [-0.2, -0.15) is 0 Å². The molecule has 18 heteroatoms. The Hall–Kier alpha value is -4.13. The van der Waals surface area contributed by atoms with Crippen molar-refractivity contribution in [3.63, 3.8) is 0 Å². The zero-order valence-electron chi connectivity index (χ0n) is 27.7. The maximum absolute atomic E-state index is 12.7. The van der Waals surface area contributed by atoms with Gasteiger partial charge < -0.3 is 51.1 Å². The number of primary amides is 1. The zero-order valence-corrected chi connectivity index (χ0v) is 27.7. The Balaban J connectivity index is 2.04. The molecule has 2 atom stereocenters. The van der Waals surface area contributed by atoms with Crippen LogP contribution < -0.4 is 27.0 Å². The first-order valence-corrected chi connectivity index (χ1v) is 15.9. The second kappa shape index (κ2) is 25.0. The fourth-order valence-corrected chi connectivity index (χ4v) is 4.13. The summed E-state index contributed by atoms with van der Waals surface area (Å²) in [7, 11) is 0. The Bertz CT molecular complexity index is 1070. The number of carbonyl (C=O) groups is 7. The van der Waals surface area contributed by atoms with Crippen molar-refractivity contribution in [1.82, 2.24) is 26.2 Å². The first kappa shape index (κ1) is 41.9. The molecule has 0 radical (unpaired) electrons. The molecule has 1 heterocycles. The van der Waals surface area contributed by atoms with E-state index in [1.807, 2.05) is 0 Å². The van der Waals surface area contributed by atoms with Gasteiger partial charge in [0.25, 0.3) is 11.8 Å². The number of aliphatic carboxylic acids is 1. The number of carboxylic acids is 1. The molecule has 7 N–H and O–H groups in total. The fraction of sp³-hybridized carbons (Fsp3) is 0.700. The first-order valence-electron chi connectivity index (χ1n) is 15.9. The molecular formula is C30H50N6O12. The predicted molar refractivity (Wildman–Crippen MR) is 169 cm³/mol. The average Bonchev–Trinajstić information content (AvgIpc) is 3.35. The second-order valence-electron chi connectivity index (χ2n) is 10.9. The van der Waals surface area contributed by atoms with Crippen LogP contribution in [0.15, 0.2) is 12.2 Å². The Morgan fingerprint density at radius 3 is 1.85 bits per heavy atom. The minimum Gasteiger partial charge on any atom is -0.480 e. The first-order chi connectivity index (χ1) is 22.9. The number of nitrogens with two attached hydrogens (primary N) is 1. The lowest BCUT2D eigenvalue weighted by Crippen LogP contribution is -2.53. The quantitative estimate of drug-likeness (QED) is 0.0403. The van der Waals surface area contributed by atoms with Crippen molar-refractivity contribution in [2.24, 2.45) is 11.7 Å². The van der Waals surface area contributed by atoms with Gasteiger partial charge >= 0.3 is 12.0 Å². The minimum absolute atomic E-state index is 0.00313. The van der Waals surface area contributed by atoms with Crippen LogP contribution in [0.3, 0.4) is 0 Å². The standard InChI is InChI=1S/C30H50N6O12/c1-21(2)27(28(41)34-22(29(42)43)5-3-4-10-33-30(31)44)35-24(38)9-13-45-15-17-47-19-20-48-18-16-46-14-11-32-23(37)8-12-36-25(39)6-7-26(36)40/h6-7,21-22,27H,3-5,8-20H2,1-2H3,(H,32,37)(H,34,41)(H,35,38)(H,42,43)(H3,31,33,44)/t22-,27-/m0/s1. The van der Waals surface area contributed by atoms with Crippen molar-refractivity contribution >= 4 is 41.5 Å². The molecule has 18 nitrogen and oxygen atoms in total. The Morgan fingerprint density at radius 1 is 0.750 bits per heavy atom. The largest absolute Gasteiger partial charge is 0.480 e. The van der Waals surface area contributed by atoms with Crippen LogP contribution >= 0.6 is 0 Å². The zero-order chi connectivity index (χ0) is 35.7. The van der Waals surface area contributed by atoms with Gasteiger partial charge in [-0.1, -0.05) is 13.8 Å². The number of amides is 7. The van der Waals surface area contributed by atoms with E-state index in [1.165, 1.54) is 12.2 Å². The van der Waals surface area contributed by atoms with Gasteiger partial charge in [0.05, 0.1) is 52.9 Å². The summed E-state index contributed by atoms with van der Waals surface area (Å²) in [4.78, 5) is 83.1. The molecule has 1 aliphatic rings. The number of imide groups is 1. The third kappa shape index (κ3) is 19.5. The van der Waals surface area contributed by atoms with Gasteiger partial charge in [0.1, 0.15) is 12.1 Å². The number of hydrogen-bond donors (Lipinski definition) is 6. The molecule has 0 bridgehead atoms. The van der Waals surface area contributed by atoms with E-state index in [-0.39, 0.29) is 70.6 Å². The molecule has 1 aliphatic heterocycles. The molecule has 0 saturated carbocycles. The van der Waals surface area contributed by atoms with Crippen molar-refractivity contribution < 1.29 is 57.6 Å². The van der Waals surface area contributed by atoms with Crippen LogP contribution in [0, 0.1) is 5.92 Å². The van der Waals surface area contributed by atoms with Crippen molar-refractivity contribution in [1.29, 1.82) is 0 Å². The molecule has 0 aromatic heterocycles. The van der Waals surface area contributed by atoms with Crippen LogP contribution in [-0.4, -0.2) is 136 Å². The Labute approximate surface area is 279 Å². The third-order valence-corrected chi connectivity index (χ3v) is 6.72. The predicted octanol–water partition coefficient (Wildman–Crippen LogP) is -1.58. The van der Waals surface area contributed by atoms with E-state index in [0.29, 0.717) is 45.8 Å². The summed E-state index contributed by atoms with van der Waals surface area (Å²) < 4.78 is 21.6. The maximum atomic E-state index is 12.7. The van der Waals surface area contributed by atoms with Crippen molar-refractivity contribution in [2.45, 2.75) is 58.0 Å². The number of nitrogens with one attached hydrogen (secondary N) is 4. The van der Waals surface area contributed by atoms with E-state index in [4.69, 9.17) is 24.7 Å². The SMILES string of the molecule is CC(C)[C@H](NC(=O)CCOCCOCCOCCOCCNC(=O)CCN1C(=O)C=CC1=O)C(=O)N[C@@H](CCCCNC(N)=O)C(=O)O. The van der Waals surface area contributed by atoms with Crippen LogP contribution in [0.2, 0.25) is 0 Å². The third-order valence-electron chi connectivity index (χ3n) is 6.72. The van der Waals surface area contributed by atoms with E-state index in [9.17, 15) is 38.7 Å². The molecule has 0 unspecified atom stereocenters. The highest BCUT2D eigenvalue weighted by Gasteiger charge is 2.28. The van der Waals surface area contributed by atoms with Gasteiger partial charge in [-0.25, -0.2) is 9.59 Å². The van der Waals surface area contributed by atoms with Crippen LogP contribution in [0.5, 0.6) is 0 Å². The molecule has 48 heavy (non-hydrogen) atoms. The summed E-state index contributed by atoms with van der Waals surface area (Å²) >= 11 is 0. The average molecular weight is 687 g/mol. The smallest absolute Gasteiger partial charge is 0.326 e. The summed E-state index contributed by atoms with van der Waals surface area (Å²) in [6.07, 6.45) is 3.42. The fourth-order valence-electron chi connectivity index (χ4n) is 4.13. The lowest BCUT2D eigenvalue weighted by molar-refractivity contribution is -0.142.